The standard InChI is InChI=1S/C26H27FN6O5/c1-26(2,3)38-25(35)32-10-17-18(27)5-6-19-21(17)15(11-36-19)12-37-20-7-16(22(34)14-8-29-31(4)9-14)23-30-28-13-33(23)24(20)32/h5-9,13,15,22,34H,10-12H2,1-4H3/t15-,22?/m1/s1. The lowest BCUT2D eigenvalue weighted by Gasteiger charge is -2.29. The Balaban J connectivity index is 1.57. The molecule has 3 aromatic heterocycles. The number of hydrogen-bond acceptors (Lipinski definition) is 8. The Hall–Kier alpha value is -4.19. The molecule has 198 valence electrons. The van der Waals surface area contributed by atoms with E-state index in [-0.39, 0.29) is 30.6 Å². The van der Waals surface area contributed by atoms with Crippen LogP contribution in [0.1, 0.15) is 55.0 Å². The monoisotopic (exact) mass is 522 g/mol. The third-order valence-electron chi connectivity index (χ3n) is 6.61. The van der Waals surface area contributed by atoms with E-state index in [1.54, 1.807) is 61.4 Å². The number of nitrogens with zero attached hydrogens (tertiary/aromatic N) is 6. The quantitative estimate of drug-likeness (QED) is 0.425. The molecule has 0 radical (unpaired) electrons. The van der Waals surface area contributed by atoms with E-state index in [0.717, 1.165) is 0 Å². The van der Waals surface area contributed by atoms with E-state index in [4.69, 9.17) is 14.2 Å². The summed E-state index contributed by atoms with van der Waals surface area (Å²) in [7, 11) is 1.75. The van der Waals surface area contributed by atoms with Gasteiger partial charge >= 0.3 is 6.09 Å². The molecule has 12 heteroatoms. The van der Waals surface area contributed by atoms with Gasteiger partial charge in [-0.25, -0.2) is 9.18 Å². The van der Waals surface area contributed by atoms with Crippen LogP contribution < -0.4 is 14.4 Å². The number of pyridine rings is 1. The molecule has 2 aliphatic heterocycles. The largest absolute Gasteiger partial charge is 0.493 e. The van der Waals surface area contributed by atoms with Crippen molar-refractivity contribution in [1.29, 1.82) is 0 Å². The Kier molecular flexibility index (Phi) is 5.53. The number of carbonyl (C=O) groups excluding carboxylic acids is 1. The van der Waals surface area contributed by atoms with Crippen LogP contribution in [0.25, 0.3) is 5.65 Å². The molecule has 0 saturated carbocycles. The molecule has 38 heavy (non-hydrogen) atoms. The van der Waals surface area contributed by atoms with Crippen molar-refractivity contribution < 1.29 is 28.5 Å². The van der Waals surface area contributed by atoms with Gasteiger partial charge in [0.2, 0.25) is 0 Å². The molecule has 1 unspecified atom stereocenters. The van der Waals surface area contributed by atoms with E-state index in [2.05, 4.69) is 15.3 Å². The summed E-state index contributed by atoms with van der Waals surface area (Å²) >= 11 is 0. The predicted octanol–water partition coefficient (Wildman–Crippen LogP) is 3.49. The summed E-state index contributed by atoms with van der Waals surface area (Å²) in [6.45, 7) is 5.60. The molecule has 0 bridgehead atoms. The fraction of sp³-hybridized carbons (Fsp3) is 0.385. The first-order valence-corrected chi connectivity index (χ1v) is 12.2. The number of aromatic nitrogens is 5. The maximum atomic E-state index is 15.3. The molecule has 0 aliphatic carbocycles. The first kappa shape index (κ1) is 24.2. The van der Waals surface area contributed by atoms with Crippen molar-refractivity contribution in [2.45, 2.75) is 44.9 Å². The third kappa shape index (κ3) is 4.01. The number of aliphatic hydroxyl groups is 1. The van der Waals surface area contributed by atoms with Gasteiger partial charge in [0, 0.05) is 35.5 Å². The van der Waals surface area contributed by atoms with E-state index >= 15 is 4.39 Å². The smallest absolute Gasteiger partial charge is 0.416 e. The SMILES string of the molecule is Cn1cc(C(O)c2cc3c(n4cnnc24)N(C(=O)OC(C)(C)C)Cc2c(F)ccc4c2[C@H](CO4)CO3)cn1. The number of carbonyl (C=O) groups is 1. The Labute approximate surface area is 217 Å². The number of rotatable bonds is 2. The van der Waals surface area contributed by atoms with Crippen LogP contribution in [0.5, 0.6) is 11.5 Å². The van der Waals surface area contributed by atoms with Crippen molar-refractivity contribution in [3.63, 3.8) is 0 Å². The second-order valence-electron chi connectivity index (χ2n) is 10.5. The Morgan fingerprint density at radius 1 is 1.24 bits per heavy atom. The zero-order valence-electron chi connectivity index (χ0n) is 21.4. The van der Waals surface area contributed by atoms with Crippen LogP contribution >= 0.6 is 0 Å². The highest BCUT2D eigenvalue weighted by molar-refractivity contribution is 5.90. The molecule has 11 nitrogen and oxygen atoms in total. The molecule has 1 aromatic carbocycles. The van der Waals surface area contributed by atoms with Crippen molar-refractivity contribution in [2.24, 2.45) is 7.05 Å². The van der Waals surface area contributed by atoms with E-state index in [1.165, 1.54) is 17.3 Å². The third-order valence-corrected chi connectivity index (χ3v) is 6.61. The van der Waals surface area contributed by atoms with Gasteiger partial charge in [-0.05, 0) is 39.0 Å². The van der Waals surface area contributed by atoms with Crippen LogP contribution in [0, 0.1) is 5.82 Å². The lowest BCUT2D eigenvalue weighted by atomic mass is 9.95. The number of aryl methyl sites for hydroxylation is 1. The molecule has 2 atom stereocenters. The molecular weight excluding hydrogens is 495 g/mol. The van der Waals surface area contributed by atoms with E-state index in [0.29, 0.717) is 40.3 Å². The van der Waals surface area contributed by atoms with Crippen LogP contribution in [-0.2, 0) is 18.3 Å². The molecule has 5 heterocycles. The van der Waals surface area contributed by atoms with Crippen LogP contribution in [0.15, 0.2) is 36.9 Å². The maximum absolute atomic E-state index is 15.3. The van der Waals surface area contributed by atoms with Crippen molar-refractivity contribution >= 4 is 17.6 Å². The van der Waals surface area contributed by atoms with Gasteiger partial charge in [0.15, 0.2) is 17.2 Å². The predicted molar refractivity (Wildman–Crippen MR) is 133 cm³/mol. The molecular formula is C26H27FN6O5. The highest BCUT2D eigenvalue weighted by Crippen LogP contribution is 2.43. The second-order valence-corrected chi connectivity index (χ2v) is 10.5. The van der Waals surface area contributed by atoms with Crippen LogP contribution in [0.3, 0.4) is 0 Å². The van der Waals surface area contributed by atoms with Gasteiger partial charge in [-0.2, -0.15) is 5.10 Å². The zero-order valence-corrected chi connectivity index (χ0v) is 21.4. The Morgan fingerprint density at radius 3 is 2.71 bits per heavy atom. The highest BCUT2D eigenvalue weighted by Gasteiger charge is 2.37. The van der Waals surface area contributed by atoms with Gasteiger partial charge in [-0.1, -0.05) is 0 Å². The second kappa shape index (κ2) is 8.69. The molecule has 0 saturated heterocycles. The van der Waals surface area contributed by atoms with Gasteiger partial charge in [-0.3, -0.25) is 14.0 Å². The molecule has 1 amide bonds. The van der Waals surface area contributed by atoms with E-state index < -0.39 is 23.6 Å². The van der Waals surface area contributed by atoms with Crippen LogP contribution in [0.4, 0.5) is 15.0 Å². The summed E-state index contributed by atoms with van der Waals surface area (Å²) in [6, 6.07) is 4.57. The van der Waals surface area contributed by atoms with Crippen molar-refractivity contribution in [3.05, 3.63) is 65.0 Å². The van der Waals surface area contributed by atoms with Crippen molar-refractivity contribution in [2.75, 3.05) is 18.1 Å². The van der Waals surface area contributed by atoms with Crippen molar-refractivity contribution in [3.8, 4) is 11.5 Å². The number of hydrogen-bond donors (Lipinski definition) is 1. The molecule has 4 aromatic rings. The number of halogens is 1. The van der Waals surface area contributed by atoms with Gasteiger partial charge in [0.05, 0.1) is 31.9 Å². The number of benzene rings is 1. The minimum Gasteiger partial charge on any atom is -0.493 e. The van der Waals surface area contributed by atoms with Gasteiger partial charge in [0.1, 0.15) is 29.6 Å². The molecule has 2 aliphatic rings. The normalized spacial score (nSPS) is 17.5. The Morgan fingerprint density at radius 2 is 2.00 bits per heavy atom. The average Bonchev–Trinajstić information content (AvgIpc) is 3.60. The Bertz CT molecular complexity index is 1560. The summed E-state index contributed by atoms with van der Waals surface area (Å²) in [6.07, 6.45) is 2.88. The molecule has 6 rings (SSSR count). The van der Waals surface area contributed by atoms with Gasteiger partial charge in [0.25, 0.3) is 0 Å². The highest BCUT2D eigenvalue weighted by atomic mass is 19.1. The topological polar surface area (TPSA) is 116 Å². The number of aliphatic hydroxyl groups excluding tert-OH is 1. The van der Waals surface area contributed by atoms with Gasteiger partial charge < -0.3 is 19.3 Å². The number of fused-ring (bicyclic) bond motifs is 3. The van der Waals surface area contributed by atoms with Crippen molar-refractivity contribution in [1.82, 2.24) is 24.4 Å². The molecule has 1 N–H and O–H groups in total. The van der Waals surface area contributed by atoms with E-state index in [9.17, 15) is 9.90 Å². The molecule has 0 spiro atoms. The minimum absolute atomic E-state index is 0.141. The van der Waals surface area contributed by atoms with Crippen LogP contribution in [-0.4, -0.2) is 54.4 Å². The summed E-state index contributed by atoms with van der Waals surface area (Å²) in [4.78, 5) is 15.0. The van der Waals surface area contributed by atoms with E-state index in [1.807, 2.05) is 0 Å². The number of ether oxygens (including phenoxy) is 3. The lowest BCUT2D eigenvalue weighted by molar-refractivity contribution is 0.0574. The van der Waals surface area contributed by atoms with Crippen LogP contribution in [0.2, 0.25) is 0 Å². The first-order valence-electron chi connectivity index (χ1n) is 12.2. The fourth-order valence-corrected chi connectivity index (χ4v) is 4.95. The lowest BCUT2D eigenvalue weighted by Crippen LogP contribution is -2.38. The minimum atomic E-state index is -1.09. The molecule has 0 fully saturated rings. The van der Waals surface area contributed by atoms with Gasteiger partial charge in [-0.15, -0.1) is 10.2 Å². The zero-order chi connectivity index (χ0) is 26.8. The number of anilines is 1. The summed E-state index contributed by atoms with van der Waals surface area (Å²) in [5.41, 5.74) is 1.44. The maximum Gasteiger partial charge on any atom is 0.416 e. The first-order chi connectivity index (χ1) is 18.1. The average molecular weight is 523 g/mol. The summed E-state index contributed by atoms with van der Waals surface area (Å²) in [5, 5.41) is 23.7. The number of amides is 1. The summed E-state index contributed by atoms with van der Waals surface area (Å²) < 4.78 is 36.3. The summed E-state index contributed by atoms with van der Waals surface area (Å²) in [5.74, 6) is 0.389. The fourth-order valence-electron chi connectivity index (χ4n) is 4.95.